The SMILES string of the molecule is CCC(C)C(=O)CS(=O)(=O)CC(=O)N1CCCCC1. The second kappa shape index (κ2) is 7.03. The van der Waals surface area contributed by atoms with Crippen LogP contribution in [0.15, 0.2) is 0 Å². The van der Waals surface area contributed by atoms with Crippen molar-refractivity contribution in [2.24, 2.45) is 5.92 Å². The maximum atomic E-state index is 11.9. The summed E-state index contributed by atoms with van der Waals surface area (Å²) < 4.78 is 23.7. The molecule has 5 nitrogen and oxygen atoms in total. The van der Waals surface area contributed by atoms with E-state index in [-0.39, 0.29) is 17.6 Å². The molecular weight excluding hydrogens is 266 g/mol. The number of rotatable bonds is 6. The van der Waals surface area contributed by atoms with Gasteiger partial charge in [0.05, 0.1) is 0 Å². The summed E-state index contributed by atoms with van der Waals surface area (Å²) in [6.07, 6.45) is 3.56. The first kappa shape index (κ1) is 16.1. The Morgan fingerprint density at radius 1 is 1.11 bits per heavy atom. The van der Waals surface area contributed by atoms with E-state index in [4.69, 9.17) is 0 Å². The number of carbonyl (C=O) groups is 2. The lowest BCUT2D eigenvalue weighted by Gasteiger charge is -2.26. The fourth-order valence-corrected chi connectivity index (χ4v) is 3.44. The lowest BCUT2D eigenvalue weighted by atomic mass is 10.1. The molecule has 0 aromatic heterocycles. The van der Waals surface area contributed by atoms with Gasteiger partial charge in [-0.05, 0) is 25.7 Å². The van der Waals surface area contributed by atoms with Crippen molar-refractivity contribution in [3.8, 4) is 0 Å². The van der Waals surface area contributed by atoms with Crippen LogP contribution in [0.25, 0.3) is 0 Å². The molecular formula is C13H23NO4S. The van der Waals surface area contributed by atoms with Gasteiger partial charge < -0.3 is 4.90 Å². The molecule has 1 rings (SSSR count). The number of likely N-dealkylation sites (tertiary alicyclic amines) is 1. The molecule has 1 fully saturated rings. The van der Waals surface area contributed by atoms with Crippen LogP contribution in [-0.2, 0) is 19.4 Å². The van der Waals surface area contributed by atoms with Gasteiger partial charge in [0, 0.05) is 19.0 Å². The minimum atomic E-state index is -3.63. The molecule has 0 aliphatic carbocycles. The summed E-state index contributed by atoms with van der Waals surface area (Å²) in [6.45, 7) is 4.82. The molecule has 0 N–H and O–H groups in total. The van der Waals surface area contributed by atoms with Crippen LogP contribution in [0.3, 0.4) is 0 Å². The van der Waals surface area contributed by atoms with Gasteiger partial charge in [0.15, 0.2) is 15.6 Å². The molecule has 110 valence electrons. The van der Waals surface area contributed by atoms with Crippen LogP contribution < -0.4 is 0 Å². The van der Waals surface area contributed by atoms with Crippen LogP contribution in [0.1, 0.15) is 39.5 Å². The van der Waals surface area contributed by atoms with E-state index in [1.807, 2.05) is 6.92 Å². The van der Waals surface area contributed by atoms with Gasteiger partial charge in [-0.1, -0.05) is 13.8 Å². The first-order valence-electron chi connectivity index (χ1n) is 6.86. The molecule has 6 heteroatoms. The van der Waals surface area contributed by atoms with E-state index in [0.29, 0.717) is 19.5 Å². The summed E-state index contributed by atoms with van der Waals surface area (Å²) in [5, 5.41) is 0. The van der Waals surface area contributed by atoms with Crippen LogP contribution in [0.2, 0.25) is 0 Å². The highest BCUT2D eigenvalue weighted by atomic mass is 32.2. The summed E-state index contributed by atoms with van der Waals surface area (Å²) >= 11 is 0. The predicted octanol–water partition coefficient (Wildman–Crippen LogP) is 1.03. The quantitative estimate of drug-likeness (QED) is 0.732. The number of Topliss-reactive ketones (excluding diaryl/α,β-unsaturated/α-hetero) is 1. The molecule has 0 aromatic rings. The second-order valence-electron chi connectivity index (χ2n) is 5.25. The van der Waals surface area contributed by atoms with Crippen molar-refractivity contribution in [2.45, 2.75) is 39.5 Å². The van der Waals surface area contributed by atoms with Crippen molar-refractivity contribution in [1.29, 1.82) is 0 Å². The summed E-state index contributed by atoms with van der Waals surface area (Å²) in [5.41, 5.74) is 0. The maximum Gasteiger partial charge on any atom is 0.237 e. The van der Waals surface area contributed by atoms with Crippen LogP contribution in [0.5, 0.6) is 0 Å². The lowest BCUT2D eigenvalue weighted by Crippen LogP contribution is -2.40. The van der Waals surface area contributed by atoms with Gasteiger partial charge in [0.1, 0.15) is 11.5 Å². The molecule has 1 saturated heterocycles. The highest BCUT2D eigenvalue weighted by Crippen LogP contribution is 2.10. The number of ketones is 1. The fraction of sp³-hybridized carbons (Fsp3) is 0.846. The first-order valence-corrected chi connectivity index (χ1v) is 8.68. The normalized spacial score (nSPS) is 18.1. The van der Waals surface area contributed by atoms with E-state index >= 15 is 0 Å². The van der Waals surface area contributed by atoms with E-state index in [1.54, 1.807) is 11.8 Å². The Morgan fingerprint density at radius 2 is 1.68 bits per heavy atom. The molecule has 1 heterocycles. The highest BCUT2D eigenvalue weighted by Gasteiger charge is 2.26. The van der Waals surface area contributed by atoms with Crippen molar-refractivity contribution in [2.75, 3.05) is 24.6 Å². The average Bonchev–Trinajstić information content (AvgIpc) is 2.37. The average molecular weight is 289 g/mol. The zero-order valence-corrected chi connectivity index (χ0v) is 12.5. The Kier molecular flexibility index (Phi) is 5.97. The number of carbonyl (C=O) groups excluding carboxylic acids is 2. The molecule has 1 atom stereocenters. The Bertz CT molecular complexity index is 424. The predicted molar refractivity (Wildman–Crippen MR) is 73.5 cm³/mol. The molecule has 0 radical (unpaired) electrons. The molecule has 0 aromatic carbocycles. The molecule has 0 bridgehead atoms. The van der Waals surface area contributed by atoms with Crippen LogP contribution in [-0.4, -0.2) is 49.6 Å². The first-order chi connectivity index (χ1) is 8.85. The Hall–Kier alpha value is -0.910. The van der Waals surface area contributed by atoms with Crippen LogP contribution in [0, 0.1) is 5.92 Å². The van der Waals surface area contributed by atoms with Gasteiger partial charge >= 0.3 is 0 Å². The minimum Gasteiger partial charge on any atom is -0.342 e. The molecule has 0 spiro atoms. The highest BCUT2D eigenvalue weighted by molar-refractivity contribution is 7.92. The van der Waals surface area contributed by atoms with Gasteiger partial charge in [-0.3, -0.25) is 9.59 Å². The standard InChI is InChI=1S/C13H23NO4S/c1-3-11(2)12(15)9-19(17,18)10-13(16)14-7-5-4-6-8-14/h11H,3-10H2,1-2H3. The maximum absolute atomic E-state index is 11.9. The van der Waals surface area contributed by atoms with Crippen LogP contribution in [0.4, 0.5) is 0 Å². The number of nitrogens with zero attached hydrogens (tertiary/aromatic N) is 1. The molecule has 19 heavy (non-hydrogen) atoms. The molecule has 1 unspecified atom stereocenters. The van der Waals surface area contributed by atoms with Crippen molar-refractivity contribution in [3.63, 3.8) is 0 Å². The van der Waals surface area contributed by atoms with Gasteiger partial charge in [-0.15, -0.1) is 0 Å². The summed E-state index contributed by atoms with van der Waals surface area (Å²) in [4.78, 5) is 25.1. The monoisotopic (exact) mass is 289 g/mol. The topological polar surface area (TPSA) is 71.5 Å². The number of amides is 1. The largest absolute Gasteiger partial charge is 0.342 e. The lowest BCUT2D eigenvalue weighted by molar-refractivity contribution is -0.129. The van der Waals surface area contributed by atoms with Gasteiger partial charge in [0.25, 0.3) is 0 Å². The van der Waals surface area contributed by atoms with Crippen LogP contribution >= 0.6 is 0 Å². The smallest absolute Gasteiger partial charge is 0.237 e. The summed E-state index contributed by atoms with van der Waals surface area (Å²) in [7, 11) is -3.63. The minimum absolute atomic E-state index is 0.264. The third kappa shape index (κ3) is 5.30. The van der Waals surface area contributed by atoms with E-state index < -0.39 is 21.3 Å². The summed E-state index contributed by atoms with van der Waals surface area (Å²) in [5.74, 6) is -1.97. The zero-order valence-electron chi connectivity index (χ0n) is 11.7. The second-order valence-corrected chi connectivity index (χ2v) is 7.31. The van der Waals surface area contributed by atoms with Crippen molar-refractivity contribution in [3.05, 3.63) is 0 Å². The van der Waals surface area contributed by atoms with Gasteiger partial charge in [-0.25, -0.2) is 8.42 Å². The van der Waals surface area contributed by atoms with Gasteiger partial charge in [0.2, 0.25) is 5.91 Å². The fourth-order valence-electron chi connectivity index (χ4n) is 2.06. The van der Waals surface area contributed by atoms with Gasteiger partial charge in [-0.2, -0.15) is 0 Å². The molecule has 0 saturated carbocycles. The van der Waals surface area contributed by atoms with Crippen molar-refractivity contribution >= 4 is 21.5 Å². The van der Waals surface area contributed by atoms with Crippen molar-refractivity contribution in [1.82, 2.24) is 4.90 Å². The van der Waals surface area contributed by atoms with E-state index in [9.17, 15) is 18.0 Å². The van der Waals surface area contributed by atoms with Crippen molar-refractivity contribution < 1.29 is 18.0 Å². The summed E-state index contributed by atoms with van der Waals surface area (Å²) in [6, 6.07) is 0. The molecule has 1 aliphatic heterocycles. The zero-order chi connectivity index (χ0) is 14.5. The number of piperidine rings is 1. The number of sulfone groups is 1. The Morgan fingerprint density at radius 3 is 2.21 bits per heavy atom. The van der Waals surface area contributed by atoms with E-state index in [1.165, 1.54) is 0 Å². The third-order valence-electron chi connectivity index (χ3n) is 3.58. The molecule has 1 amide bonds. The Balaban J connectivity index is 2.54. The molecule has 1 aliphatic rings. The Labute approximate surface area is 115 Å². The number of hydrogen-bond acceptors (Lipinski definition) is 4. The van der Waals surface area contributed by atoms with E-state index in [2.05, 4.69) is 0 Å². The third-order valence-corrected chi connectivity index (χ3v) is 4.99. The van der Waals surface area contributed by atoms with E-state index in [0.717, 1.165) is 19.3 Å². The number of hydrogen-bond donors (Lipinski definition) is 0.